The molecule has 0 spiro atoms. The molecule has 0 bridgehead atoms. The van der Waals surface area contributed by atoms with Crippen molar-refractivity contribution in [2.75, 3.05) is 18.5 Å². The largest absolute Gasteiger partial charge is 0.477 e. The van der Waals surface area contributed by atoms with Gasteiger partial charge in [0.25, 0.3) is 5.91 Å². The predicted molar refractivity (Wildman–Crippen MR) is 100.0 cm³/mol. The number of carbonyl (C=O) groups is 1. The second kappa shape index (κ2) is 9.18. The van der Waals surface area contributed by atoms with E-state index >= 15 is 0 Å². The minimum atomic E-state index is -0.709. The molecule has 1 aliphatic carbocycles. The SMILES string of the molecule is CCCOc1ncc(NC(=O)[C@]2(OCCC)CCC[C@@H](C)C2)cc1C. The van der Waals surface area contributed by atoms with Crippen LogP contribution >= 0.6 is 0 Å². The summed E-state index contributed by atoms with van der Waals surface area (Å²) in [7, 11) is 0. The zero-order valence-corrected chi connectivity index (χ0v) is 16.1. The number of amides is 1. The van der Waals surface area contributed by atoms with Gasteiger partial charge in [-0.25, -0.2) is 4.98 Å². The third-order valence-electron chi connectivity index (χ3n) is 4.68. The predicted octanol–water partition coefficient (Wildman–Crippen LogP) is 4.49. The minimum Gasteiger partial charge on any atom is -0.477 e. The number of ether oxygens (including phenoxy) is 2. The van der Waals surface area contributed by atoms with Gasteiger partial charge in [0.05, 0.1) is 18.5 Å². The van der Waals surface area contributed by atoms with Crippen LogP contribution in [-0.4, -0.2) is 29.7 Å². The van der Waals surface area contributed by atoms with Gasteiger partial charge in [-0.1, -0.05) is 27.2 Å². The molecule has 1 fully saturated rings. The summed E-state index contributed by atoms with van der Waals surface area (Å²) in [6.07, 6.45) is 7.27. The summed E-state index contributed by atoms with van der Waals surface area (Å²) in [4.78, 5) is 17.4. The Hall–Kier alpha value is -1.62. The first kappa shape index (κ1) is 19.7. The van der Waals surface area contributed by atoms with Crippen molar-refractivity contribution >= 4 is 11.6 Å². The number of hydrogen-bond acceptors (Lipinski definition) is 4. The molecule has 1 aromatic rings. The molecular formula is C20H32N2O3. The van der Waals surface area contributed by atoms with E-state index in [-0.39, 0.29) is 5.91 Å². The van der Waals surface area contributed by atoms with Crippen LogP contribution in [0, 0.1) is 12.8 Å². The van der Waals surface area contributed by atoms with Crippen LogP contribution in [0.1, 0.15) is 64.9 Å². The fourth-order valence-corrected chi connectivity index (χ4v) is 3.43. The molecule has 140 valence electrons. The van der Waals surface area contributed by atoms with E-state index in [9.17, 15) is 4.79 Å². The molecule has 1 heterocycles. The van der Waals surface area contributed by atoms with E-state index in [1.807, 2.05) is 13.0 Å². The number of aryl methyl sites for hydroxylation is 1. The standard InChI is InChI=1S/C20H32N2O3/c1-5-10-24-18-16(4)12-17(14-21-18)22-19(23)20(25-11-6-2)9-7-8-15(3)13-20/h12,14-15H,5-11,13H2,1-4H3,(H,22,23)/t15-,20+/m1/s1. The van der Waals surface area contributed by atoms with Crippen LogP contribution in [0.4, 0.5) is 5.69 Å². The van der Waals surface area contributed by atoms with Crippen molar-refractivity contribution in [3.63, 3.8) is 0 Å². The van der Waals surface area contributed by atoms with Gasteiger partial charge in [0.1, 0.15) is 5.60 Å². The quantitative estimate of drug-likeness (QED) is 0.752. The molecule has 0 aromatic carbocycles. The highest BCUT2D eigenvalue weighted by Gasteiger charge is 2.42. The summed E-state index contributed by atoms with van der Waals surface area (Å²) < 4.78 is 11.7. The Morgan fingerprint density at radius 1 is 1.36 bits per heavy atom. The molecule has 1 amide bonds. The van der Waals surface area contributed by atoms with Crippen LogP contribution in [0.15, 0.2) is 12.3 Å². The van der Waals surface area contributed by atoms with Crippen molar-refractivity contribution < 1.29 is 14.3 Å². The summed E-state index contributed by atoms with van der Waals surface area (Å²) in [6.45, 7) is 9.53. The molecule has 2 atom stereocenters. The maximum atomic E-state index is 13.0. The van der Waals surface area contributed by atoms with Gasteiger partial charge >= 0.3 is 0 Å². The Morgan fingerprint density at radius 3 is 2.76 bits per heavy atom. The number of pyridine rings is 1. The molecule has 1 saturated carbocycles. The first-order valence-corrected chi connectivity index (χ1v) is 9.55. The average molecular weight is 348 g/mol. The molecule has 0 saturated heterocycles. The van der Waals surface area contributed by atoms with Crippen molar-refractivity contribution in [2.24, 2.45) is 5.92 Å². The third kappa shape index (κ3) is 5.18. The first-order valence-electron chi connectivity index (χ1n) is 9.55. The van der Waals surface area contributed by atoms with Crippen molar-refractivity contribution in [1.29, 1.82) is 0 Å². The van der Waals surface area contributed by atoms with E-state index in [4.69, 9.17) is 9.47 Å². The Kier molecular flexibility index (Phi) is 7.24. The van der Waals surface area contributed by atoms with Gasteiger partial charge in [0.2, 0.25) is 5.88 Å². The van der Waals surface area contributed by atoms with Crippen LogP contribution in [0.3, 0.4) is 0 Å². The van der Waals surface area contributed by atoms with E-state index < -0.39 is 5.60 Å². The van der Waals surface area contributed by atoms with Gasteiger partial charge in [-0.05, 0) is 51.0 Å². The monoisotopic (exact) mass is 348 g/mol. The fraction of sp³-hybridized carbons (Fsp3) is 0.700. The van der Waals surface area contributed by atoms with Gasteiger partial charge in [0, 0.05) is 12.2 Å². The van der Waals surface area contributed by atoms with Crippen LogP contribution in [0.25, 0.3) is 0 Å². The minimum absolute atomic E-state index is 0.0454. The smallest absolute Gasteiger partial charge is 0.256 e. The summed E-state index contributed by atoms with van der Waals surface area (Å²) in [5.74, 6) is 1.08. The molecule has 1 aromatic heterocycles. The number of nitrogens with one attached hydrogen (secondary N) is 1. The zero-order valence-electron chi connectivity index (χ0n) is 16.1. The molecule has 5 nitrogen and oxygen atoms in total. The van der Waals surface area contributed by atoms with Crippen molar-refractivity contribution in [1.82, 2.24) is 4.98 Å². The first-order chi connectivity index (χ1) is 12.0. The summed E-state index contributed by atoms with van der Waals surface area (Å²) in [5.41, 5.74) is 0.912. The highest BCUT2D eigenvalue weighted by atomic mass is 16.5. The average Bonchev–Trinajstić information content (AvgIpc) is 2.59. The second-order valence-electron chi connectivity index (χ2n) is 7.19. The van der Waals surface area contributed by atoms with Crippen molar-refractivity contribution in [2.45, 2.75) is 71.8 Å². The molecule has 0 radical (unpaired) electrons. The topological polar surface area (TPSA) is 60.5 Å². The summed E-state index contributed by atoms with van der Waals surface area (Å²) in [5, 5.41) is 3.02. The highest BCUT2D eigenvalue weighted by molar-refractivity contribution is 5.97. The molecule has 5 heteroatoms. The second-order valence-corrected chi connectivity index (χ2v) is 7.19. The van der Waals surface area contributed by atoms with Gasteiger partial charge in [0.15, 0.2) is 0 Å². The normalized spacial score (nSPS) is 23.3. The number of anilines is 1. The summed E-state index contributed by atoms with van der Waals surface area (Å²) in [6, 6.07) is 1.91. The van der Waals surface area contributed by atoms with Gasteiger partial charge in [-0.2, -0.15) is 0 Å². The van der Waals surface area contributed by atoms with E-state index in [1.54, 1.807) is 6.20 Å². The maximum Gasteiger partial charge on any atom is 0.256 e. The maximum absolute atomic E-state index is 13.0. The van der Waals surface area contributed by atoms with Crippen LogP contribution < -0.4 is 10.1 Å². The Bertz CT molecular complexity index is 576. The lowest BCUT2D eigenvalue weighted by atomic mass is 9.78. The summed E-state index contributed by atoms with van der Waals surface area (Å²) >= 11 is 0. The number of carbonyl (C=O) groups excluding carboxylic acids is 1. The molecule has 2 rings (SSSR count). The zero-order chi connectivity index (χ0) is 18.3. The van der Waals surface area contributed by atoms with Crippen LogP contribution in [0.5, 0.6) is 5.88 Å². The number of rotatable bonds is 8. The van der Waals surface area contributed by atoms with Crippen LogP contribution in [0.2, 0.25) is 0 Å². The Labute approximate surface area is 151 Å². The number of aromatic nitrogens is 1. The van der Waals surface area contributed by atoms with E-state index in [1.165, 1.54) is 0 Å². The van der Waals surface area contributed by atoms with Gasteiger partial charge in [-0.15, -0.1) is 0 Å². The third-order valence-corrected chi connectivity index (χ3v) is 4.68. The molecule has 0 aliphatic heterocycles. The Morgan fingerprint density at radius 2 is 2.12 bits per heavy atom. The van der Waals surface area contributed by atoms with Crippen LogP contribution in [-0.2, 0) is 9.53 Å². The van der Waals surface area contributed by atoms with Crippen molar-refractivity contribution in [3.05, 3.63) is 17.8 Å². The molecule has 25 heavy (non-hydrogen) atoms. The lowest BCUT2D eigenvalue weighted by Gasteiger charge is -2.38. The number of nitrogens with zero attached hydrogens (tertiary/aromatic N) is 1. The molecule has 0 unspecified atom stereocenters. The highest BCUT2D eigenvalue weighted by Crippen LogP contribution is 2.36. The Balaban J connectivity index is 2.10. The van der Waals surface area contributed by atoms with E-state index in [2.05, 4.69) is 31.1 Å². The van der Waals surface area contributed by atoms with Gasteiger partial charge < -0.3 is 14.8 Å². The van der Waals surface area contributed by atoms with Crippen molar-refractivity contribution in [3.8, 4) is 5.88 Å². The van der Waals surface area contributed by atoms with E-state index in [0.29, 0.717) is 30.7 Å². The fourth-order valence-electron chi connectivity index (χ4n) is 3.43. The molecule has 1 aliphatic rings. The molecule has 1 N–H and O–H groups in total. The van der Waals surface area contributed by atoms with Gasteiger partial charge in [-0.3, -0.25) is 4.79 Å². The lowest BCUT2D eigenvalue weighted by Crippen LogP contribution is -2.48. The molecular weight excluding hydrogens is 316 g/mol. The van der Waals surface area contributed by atoms with E-state index in [0.717, 1.165) is 44.1 Å². The lowest BCUT2D eigenvalue weighted by molar-refractivity contribution is -0.148. The number of hydrogen-bond donors (Lipinski definition) is 1.